The molecule has 0 aliphatic carbocycles. The number of hydrogen-bond acceptors (Lipinski definition) is 5. The first kappa shape index (κ1) is 16.7. The number of carboxylic acids is 1. The lowest BCUT2D eigenvalue weighted by atomic mass is 10.2. The van der Waals surface area contributed by atoms with E-state index in [-0.39, 0.29) is 22.8 Å². The molecule has 0 fully saturated rings. The minimum atomic E-state index is -4.46. The average molecular weight is 351 g/mol. The molecule has 0 saturated carbocycles. The Balaban J connectivity index is 1.86. The van der Waals surface area contributed by atoms with Gasteiger partial charge in [-0.15, -0.1) is 5.53 Å². The molecule has 1 heterocycles. The van der Waals surface area contributed by atoms with Crippen molar-refractivity contribution in [2.75, 3.05) is 10.0 Å². The summed E-state index contributed by atoms with van der Waals surface area (Å²) in [5, 5.41) is 21.7. The van der Waals surface area contributed by atoms with Crippen molar-refractivity contribution in [3.05, 3.63) is 71.7 Å². The number of rotatable bonds is 3. The van der Waals surface area contributed by atoms with Crippen LogP contribution in [0.2, 0.25) is 0 Å². The van der Waals surface area contributed by atoms with Crippen LogP contribution < -0.4 is 15.6 Å². The van der Waals surface area contributed by atoms with Crippen molar-refractivity contribution in [3.8, 4) is 0 Å². The van der Waals surface area contributed by atoms with Crippen molar-refractivity contribution in [2.24, 2.45) is 0 Å². The number of nitrogens with one attached hydrogen (secondary N) is 1. The zero-order valence-corrected chi connectivity index (χ0v) is 12.5. The number of halogens is 3. The molecule has 2 aromatic rings. The van der Waals surface area contributed by atoms with Gasteiger partial charge in [0, 0.05) is 0 Å². The lowest BCUT2D eigenvalue weighted by Gasteiger charge is -2.23. The molecule has 0 atom stereocenters. The van der Waals surface area contributed by atoms with E-state index in [1.165, 1.54) is 35.5 Å². The number of nitrogens with zero attached hydrogens (tertiary/aromatic N) is 2. The van der Waals surface area contributed by atoms with E-state index in [1.807, 2.05) is 0 Å². The standard InChI is InChI=1S/C16H12F3N3O3/c17-16(18,19)10-5-7-11(8-6-10)22-14(23)9-21(20-22)13-4-2-1-3-12(13)15(24)25/h1-9,20,23H,(H,24,25). The Morgan fingerprint density at radius 2 is 1.68 bits per heavy atom. The van der Waals surface area contributed by atoms with Gasteiger partial charge in [-0.05, 0) is 36.4 Å². The van der Waals surface area contributed by atoms with Gasteiger partial charge in [0.05, 0.1) is 28.7 Å². The summed E-state index contributed by atoms with van der Waals surface area (Å²) in [6.45, 7) is 0. The first-order valence-electron chi connectivity index (χ1n) is 7.03. The predicted octanol–water partition coefficient (Wildman–Crippen LogP) is 3.51. The Hall–Kier alpha value is -3.20. The number of anilines is 2. The number of carbonyl (C=O) groups is 1. The van der Waals surface area contributed by atoms with Gasteiger partial charge in [-0.3, -0.25) is 5.01 Å². The third-order valence-corrected chi connectivity index (χ3v) is 3.53. The highest BCUT2D eigenvalue weighted by Crippen LogP contribution is 2.32. The number of alkyl halides is 3. The van der Waals surface area contributed by atoms with E-state index >= 15 is 0 Å². The first-order chi connectivity index (χ1) is 11.8. The van der Waals surface area contributed by atoms with E-state index in [1.54, 1.807) is 12.1 Å². The number of hydrogen-bond donors (Lipinski definition) is 3. The molecule has 1 aliphatic heterocycles. The van der Waals surface area contributed by atoms with E-state index in [9.17, 15) is 28.2 Å². The molecule has 1 aliphatic rings. The van der Waals surface area contributed by atoms with Crippen LogP contribution in [0.4, 0.5) is 24.5 Å². The number of hydrazine groups is 2. The van der Waals surface area contributed by atoms with Crippen LogP contribution in [0, 0.1) is 0 Å². The van der Waals surface area contributed by atoms with E-state index in [4.69, 9.17) is 0 Å². The molecule has 2 aromatic carbocycles. The molecule has 3 rings (SSSR count). The van der Waals surface area contributed by atoms with E-state index in [0.717, 1.165) is 17.1 Å². The Morgan fingerprint density at radius 3 is 2.28 bits per heavy atom. The Morgan fingerprint density at radius 1 is 1.04 bits per heavy atom. The molecule has 6 nitrogen and oxygen atoms in total. The van der Waals surface area contributed by atoms with Crippen LogP contribution in [0.15, 0.2) is 60.6 Å². The van der Waals surface area contributed by atoms with Crippen molar-refractivity contribution < 1.29 is 28.2 Å². The smallest absolute Gasteiger partial charge is 0.416 e. The number of carboxylic acid groups (broad SMARTS) is 1. The lowest BCUT2D eigenvalue weighted by Crippen LogP contribution is -2.41. The van der Waals surface area contributed by atoms with Crippen LogP contribution in [0.3, 0.4) is 0 Å². The molecule has 0 radical (unpaired) electrons. The largest absolute Gasteiger partial charge is 0.492 e. The monoisotopic (exact) mass is 351 g/mol. The summed E-state index contributed by atoms with van der Waals surface area (Å²) in [4.78, 5) is 11.3. The lowest BCUT2D eigenvalue weighted by molar-refractivity contribution is -0.137. The predicted molar refractivity (Wildman–Crippen MR) is 83.7 cm³/mol. The molecule has 0 unspecified atom stereocenters. The van der Waals surface area contributed by atoms with Crippen molar-refractivity contribution in [2.45, 2.75) is 6.18 Å². The summed E-state index contributed by atoms with van der Waals surface area (Å²) in [5.41, 5.74) is 2.39. The highest BCUT2D eigenvalue weighted by Gasteiger charge is 2.31. The van der Waals surface area contributed by atoms with Gasteiger partial charge in [0.1, 0.15) is 0 Å². The van der Waals surface area contributed by atoms with E-state index in [0.29, 0.717) is 0 Å². The van der Waals surface area contributed by atoms with Gasteiger partial charge >= 0.3 is 12.1 Å². The Labute approximate surface area is 140 Å². The quantitative estimate of drug-likeness (QED) is 0.786. The second-order valence-electron chi connectivity index (χ2n) is 5.16. The highest BCUT2D eigenvalue weighted by molar-refractivity contribution is 5.94. The fourth-order valence-electron chi connectivity index (χ4n) is 2.34. The zero-order chi connectivity index (χ0) is 18.2. The third-order valence-electron chi connectivity index (χ3n) is 3.53. The molecule has 3 N–H and O–H groups in total. The maximum absolute atomic E-state index is 12.6. The van der Waals surface area contributed by atoms with Crippen LogP contribution in [-0.2, 0) is 6.18 Å². The second-order valence-corrected chi connectivity index (χ2v) is 5.16. The van der Waals surface area contributed by atoms with Crippen molar-refractivity contribution >= 4 is 17.3 Å². The maximum Gasteiger partial charge on any atom is 0.416 e. The van der Waals surface area contributed by atoms with Gasteiger partial charge in [-0.1, -0.05) is 12.1 Å². The van der Waals surface area contributed by atoms with Gasteiger partial charge < -0.3 is 10.2 Å². The van der Waals surface area contributed by atoms with E-state index < -0.39 is 17.7 Å². The minimum absolute atomic E-state index is 0.00619. The summed E-state index contributed by atoms with van der Waals surface area (Å²) in [7, 11) is 0. The van der Waals surface area contributed by atoms with Gasteiger partial charge in [0.2, 0.25) is 5.88 Å². The summed E-state index contributed by atoms with van der Waals surface area (Å²) >= 11 is 0. The summed E-state index contributed by atoms with van der Waals surface area (Å²) in [6.07, 6.45) is -3.24. The van der Waals surface area contributed by atoms with Crippen LogP contribution in [0.1, 0.15) is 15.9 Å². The van der Waals surface area contributed by atoms with Crippen molar-refractivity contribution in [1.82, 2.24) is 5.53 Å². The number of aromatic carboxylic acids is 1. The van der Waals surface area contributed by atoms with Crippen LogP contribution in [0.5, 0.6) is 0 Å². The minimum Gasteiger partial charge on any atom is -0.492 e. The molecule has 0 bridgehead atoms. The number of para-hydroxylation sites is 1. The van der Waals surface area contributed by atoms with Gasteiger partial charge in [0.25, 0.3) is 0 Å². The van der Waals surface area contributed by atoms with Crippen molar-refractivity contribution in [1.29, 1.82) is 0 Å². The van der Waals surface area contributed by atoms with Crippen LogP contribution >= 0.6 is 0 Å². The fraction of sp³-hybridized carbons (Fsp3) is 0.0625. The summed E-state index contributed by atoms with van der Waals surface area (Å²) in [5.74, 6) is -1.46. The van der Waals surface area contributed by atoms with Crippen molar-refractivity contribution in [3.63, 3.8) is 0 Å². The topological polar surface area (TPSA) is 76.0 Å². The number of aliphatic hydroxyl groups is 1. The molecule has 130 valence electrons. The third kappa shape index (κ3) is 3.22. The zero-order valence-electron chi connectivity index (χ0n) is 12.5. The molecular formula is C16H12F3N3O3. The normalized spacial score (nSPS) is 14.6. The SMILES string of the molecule is O=C(O)c1ccccc1N1C=C(O)N(c2ccc(C(F)(F)F)cc2)N1. The highest BCUT2D eigenvalue weighted by atomic mass is 19.4. The van der Waals surface area contributed by atoms with E-state index in [2.05, 4.69) is 5.53 Å². The van der Waals surface area contributed by atoms with Crippen LogP contribution in [-0.4, -0.2) is 16.2 Å². The molecule has 9 heteroatoms. The molecule has 0 saturated heterocycles. The molecule has 0 amide bonds. The fourth-order valence-corrected chi connectivity index (χ4v) is 2.34. The molecular weight excluding hydrogens is 339 g/mol. The molecule has 0 spiro atoms. The van der Waals surface area contributed by atoms with Gasteiger partial charge in [-0.25, -0.2) is 9.80 Å². The molecule has 25 heavy (non-hydrogen) atoms. The Bertz CT molecular complexity index is 835. The maximum atomic E-state index is 12.6. The second kappa shape index (κ2) is 6.02. The Kier molecular flexibility index (Phi) is 4.01. The molecule has 0 aromatic heterocycles. The van der Waals surface area contributed by atoms with Crippen LogP contribution in [0.25, 0.3) is 0 Å². The summed E-state index contributed by atoms with van der Waals surface area (Å²) < 4.78 is 37.9. The number of aliphatic hydroxyl groups excluding tert-OH is 1. The van der Waals surface area contributed by atoms with Gasteiger partial charge in [-0.2, -0.15) is 13.2 Å². The first-order valence-corrected chi connectivity index (χ1v) is 7.03. The number of benzene rings is 2. The van der Waals surface area contributed by atoms with Gasteiger partial charge in [0.15, 0.2) is 0 Å². The summed E-state index contributed by atoms with van der Waals surface area (Å²) in [6, 6.07) is 10.2. The average Bonchev–Trinajstić information content (AvgIpc) is 2.96.